The number of nitrogens with one attached hydrogen (secondary N) is 1. The first kappa shape index (κ1) is 15.3. The van der Waals surface area contributed by atoms with E-state index in [4.69, 9.17) is 0 Å². The molecule has 1 atom stereocenters. The zero-order valence-corrected chi connectivity index (χ0v) is 13.1. The van der Waals surface area contributed by atoms with Crippen molar-refractivity contribution in [2.45, 2.75) is 13.0 Å². The molecule has 0 radical (unpaired) electrons. The van der Waals surface area contributed by atoms with E-state index in [0.29, 0.717) is 0 Å². The van der Waals surface area contributed by atoms with E-state index in [-0.39, 0.29) is 5.56 Å². The van der Waals surface area contributed by atoms with E-state index in [1.54, 1.807) is 7.05 Å². The highest BCUT2D eigenvalue weighted by Gasteiger charge is 2.22. The fourth-order valence-electron chi connectivity index (χ4n) is 2.14. The second-order valence-corrected chi connectivity index (χ2v) is 5.54. The zero-order chi connectivity index (χ0) is 14.9. The highest BCUT2D eigenvalue weighted by molar-refractivity contribution is 14.1. The van der Waals surface area contributed by atoms with E-state index in [1.165, 1.54) is 6.07 Å². The largest absolute Gasteiger partial charge is 0.309 e. The highest BCUT2D eigenvalue weighted by Crippen LogP contribution is 2.30. The third-order valence-electron chi connectivity index (χ3n) is 3.20. The Morgan fingerprint density at radius 2 is 1.70 bits per heavy atom. The quantitative estimate of drug-likeness (QED) is 0.607. The van der Waals surface area contributed by atoms with E-state index in [0.717, 1.165) is 20.8 Å². The third kappa shape index (κ3) is 2.69. The Morgan fingerprint density at radius 3 is 2.35 bits per heavy atom. The molecule has 106 valence electrons. The summed E-state index contributed by atoms with van der Waals surface area (Å²) in [5.74, 6) is -3.77. The maximum atomic E-state index is 14.0. The first-order valence-electron chi connectivity index (χ1n) is 6.03. The summed E-state index contributed by atoms with van der Waals surface area (Å²) in [6.45, 7) is 1.94. The van der Waals surface area contributed by atoms with E-state index in [2.05, 4.69) is 27.9 Å². The fraction of sp³-hybridized carbons (Fsp3) is 0.200. The predicted molar refractivity (Wildman–Crippen MR) is 81.1 cm³/mol. The molecular weight excluding hydrogens is 378 g/mol. The van der Waals surface area contributed by atoms with Crippen LogP contribution in [0.2, 0.25) is 0 Å². The molecule has 1 unspecified atom stereocenters. The van der Waals surface area contributed by atoms with Gasteiger partial charge in [0.15, 0.2) is 17.5 Å². The van der Waals surface area contributed by atoms with Crippen LogP contribution in [0, 0.1) is 27.9 Å². The molecule has 2 aromatic carbocycles. The number of halogens is 4. The van der Waals surface area contributed by atoms with Crippen LogP contribution in [0.5, 0.6) is 0 Å². The molecule has 2 rings (SSSR count). The maximum absolute atomic E-state index is 14.0. The van der Waals surface area contributed by atoms with Gasteiger partial charge in [0, 0.05) is 9.13 Å². The second kappa shape index (κ2) is 6.13. The van der Waals surface area contributed by atoms with Gasteiger partial charge < -0.3 is 5.32 Å². The standard InChI is InChI=1S/C15H13F3IN/c1-8-4-3-5-10(14(8)19)15(20-2)9-6-7-11(16)13(18)12(9)17/h3-7,15,20H,1-2H3. The lowest BCUT2D eigenvalue weighted by molar-refractivity contribution is 0.435. The van der Waals surface area contributed by atoms with Crippen molar-refractivity contribution < 1.29 is 13.2 Å². The number of aryl methyl sites for hydroxylation is 1. The van der Waals surface area contributed by atoms with Crippen molar-refractivity contribution in [2.75, 3.05) is 7.05 Å². The molecule has 0 aromatic heterocycles. The first-order valence-corrected chi connectivity index (χ1v) is 7.11. The first-order chi connectivity index (χ1) is 9.47. The van der Waals surface area contributed by atoms with Crippen LogP contribution in [0.15, 0.2) is 30.3 Å². The Kier molecular flexibility index (Phi) is 4.70. The van der Waals surface area contributed by atoms with Gasteiger partial charge in [-0.25, -0.2) is 13.2 Å². The van der Waals surface area contributed by atoms with Crippen LogP contribution >= 0.6 is 22.6 Å². The molecule has 0 aliphatic rings. The predicted octanol–water partition coefficient (Wildman–Crippen LogP) is 4.33. The Morgan fingerprint density at radius 1 is 1.00 bits per heavy atom. The highest BCUT2D eigenvalue weighted by atomic mass is 127. The normalized spacial score (nSPS) is 12.5. The van der Waals surface area contributed by atoms with Crippen molar-refractivity contribution in [3.05, 3.63) is 68.0 Å². The second-order valence-electron chi connectivity index (χ2n) is 4.46. The third-order valence-corrected chi connectivity index (χ3v) is 4.67. The van der Waals surface area contributed by atoms with E-state index in [1.807, 2.05) is 25.1 Å². The van der Waals surface area contributed by atoms with Crippen LogP contribution in [-0.4, -0.2) is 7.05 Å². The van der Waals surface area contributed by atoms with E-state index in [9.17, 15) is 13.2 Å². The Hall–Kier alpha value is -1.08. The van der Waals surface area contributed by atoms with E-state index >= 15 is 0 Å². The van der Waals surface area contributed by atoms with Gasteiger partial charge in [0.2, 0.25) is 0 Å². The molecule has 0 aliphatic carbocycles. The van der Waals surface area contributed by atoms with Crippen molar-refractivity contribution >= 4 is 22.6 Å². The molecule has 5 heteroatoms. The summed E-state index contributed by atoms with van der Waals surface area (Å²) in [4.78, 5) is 0. The van der Waals surface area contributed by atoms with Crippen LogP contribution in [0.3, 0.4) is 0 Å². The average molecular weight is 391 g/mol. The van der Waals surface area contributed by atoms with Crippen LogP contribution in [0.25, 0.3) is 0 Å². The van der Waals surface area contributed by atoms with Crippen LogP contribution in [-0.2, 0) is 0 Å². The van der Waals surface area contributed by atoms with Crippen molar-refractivity contribution in [3.8, 4) is 0 Å². The molecule has 0 aliphatic heterocycles. The van der Waals surface area contributed by atoms with E-state index < -0.39 is 23.5 Å². The van der Waals surface area contributed by atoms with Crippen LogP contribution in [0.4, 0.5) is 13.2 Å². The monoisotopic (exact) mass is 391 g/mol. The summed E-state index contributed by atoms with van der Waals surface area (Å²) in [5, 5.41) is 2.96. The van der Waals surface area contributed by atoms with Gasteiger partial charge in [0.25, 0.3) is 0 Å². The summed E-state index contributed by atoms with van der Waals surface area (Å²) in [7, 11) is 1.66. The summed E-state index contributed by atoms with van der Waals surface area (Å²) in [6.07, 6.45) is 0. The molecule has 0 fully saturated rings. The van der Waals surface area contributed by atoms with Crippen molar-refractivity contribution in [3.63, 3.8) is 0 Å². The Labute approximate surface area is 129 Å². The van der Waals surface area contributed by atoms with Gasteiger partial charge in [0.05, 0.1) is 6.04 Å². The molecule has 0 bridgehead atoms. The lowest BCUT2D eigenvalue weighted by Crippen LogP contribution is -2.21. The Balaban J connectivity index is 2.59. The SMILES string of the molecule is CNC(c1ccc(F)c(F)c1F)c1cccc(C)c1I. The summed E-state index contributed by atoms with van der Waals surface area (Å²) < 4.78 is 41.4. The lowest BCUT2D eigenvalue weighted by atomic mass is 9.97. The number of hydrogen-bond donors (Lipinski definition) is 1. The van der Waals surface area contributed by atoms with Gasteiger partial charge in [-0.05, 0) is 53.8 Å². The summed E-state index contributed by atoms with van der Waals surface area (Å²) in [6, 6.07) is 7.33. The topological polar surface area (TPSA) is 12.0 Å². The minimum absolute atomic E-state index is 0.0925. The molecule has 0 spiro atoms. The van der Waals surface area contributed by atoms with Gasteiger partial charge in [-0.1, -0.05) is 24.3 Å². The lowest BCUT2D eigenvalue weighted by Gasteiger charge is -2.20. The van der Waals surface area contributed by atoms with Gasteiger partial charge in [-0.2, -0.15) is 0 Å². The molecule has 1 N–H and O–H groups in total. The maximum Gasteiger partial charge on any atom is 0.194 e. The fourth-order valence-corrected chi connectivity index (χ4v) is 2.81. The summed E-state index contributed by atoms with van der Waals surface area (Å²) >= 11 is 2.17. The van der Waals surface area contributed by atoms with Gasteiger partial charge in [-0.15, -0.1) is 0 Å². The Bertz CT molecular complexity index is 643. The molecule has 1 nitrogen and oxygen atoms in total. The molecule has 2 aromatic rings. The van der Waals surface area contributed by atoms with Crippen molar-refractivity contribution in [2.24, 2.45) is 0 Å². The molecule has 0 saturated heterocycles. The van der Waals surface area contributed by atoms with Gasteiger partial charge >= 0.3 is 0 Å². The molecular formula is C15H13F3IN. The average Bonchev–Trinajstić information content (AvgIpc) is 2.44. The molecule has 0 saturated carbocycles. The van der Waals surface area contributed by atoms with Crippen LogP contribution in [0.1, 0.15) is 22.7 Å². The van der Waals surface area contributed by atoms with Crippen LogP contribution < -0.4 is 5.32 Å². The zero-order valence-electron chi connectivity index (χ0n) is 11.0. The van der Waals surface area contributed by atoms with Gasteiger partial charge in [-0.3, -0.25) is 0 Å². The number of benzene rings is 2. The van der Waals surface area contributed by atoms with Crippen molar-refractivity contribution in [1.82, 2.24) is 5.32 Å². The minimum Gasteiger partial charge on any atom is -0.309 e. The number of rotatable bonds is 3. The van der Waals surface area contributed by atoms with Crippen molar-refractivity contribution in [1.29, 1.82) is 0 Å². The molecule has 0 amide bonds. The molecule has 0 heterocycles. The molecule has 20 heavy (non-hydrogen) atoms. The smallest absolute Gasteiger partial charge is 0.194 e. The number of hydrogen-bond acceptors (Lipinski definition) is 1. The minimum atomic E-state index is -1.44. The summed E-state index contributed by atoms with van der Waals surface area (Å²) in [5.41, 5.74) is 1.97. The van der Waals surface area contributed by atoms with Gasteiger partial charge in [0.1, 0.15) is 0 Å².